The Hall–Kier alpha value is -5.22. The fourth-order valence-corrected chi connectivity index (χ4v) is 3.98. The van der Waals surface area contributed by atoms with Crippen LogP contribution in [0.15, 0.2) is 152 Å². The second kappa shape index (κ2) is 23.0. The fraction of sp³-hybridized carbons (Fsp3) is 0.0294. The summed E-state index contributed by atoms with van der Waals surface area (Å²) in [5.41, 5.74) is 3.79. The van der Waals surface area contributed by atoms with Crippen molar-refractivity contribution < 1.29 is 90.4 Å². The second-order valence-electron chi connectivity index (χ2n) is 9.89. The Labute approximate surface area is 333 Å². The Morgan fingerprint density at radius 3 is 1.00 bits per heavy atom. The summed E-state index contributed by atoms with van der Waals surface area (Å²) in [6, 6.07) is 33.6. The number of aromatic nitrogens is 8. The monoisotopic (exact) mass is 902 g/mol. The van der Waals surface area contributed by atoms with Crippen LogP contribution >= 0.6 is 0 Å². The summed E-state index contributed by atoms with van der Waals surface area (Å²) in [5.74, 6) is 0. The Morgan fingerprint density at radius 2 is 0.714 bits per heavy atom. The van der Waals surface area contributed by atoms with Crippen LogP contribution < -0.4 is 37.3 Å². The molecule has 16 nitrogen and oxygen atoms in total. The predicted octanol–water partition coefficient (Wildman–Crippen LogP) is -1.88. The van der Waals surface area contributed by atoms with Gasteiger partial charge in [0, 0.05) is 31.0 Å². The molecule has 0 saturated carbocycles. The van der Waals surface area contributed by atoms with E-state index in [1.165, 1.54) is 24.4 Å². The molecule has 6 aromatic heterocycles. The molecule has 22 heteroatoms. The van der Waals surface area contributed by atoms with Crippen LogP contribution in [0.5, 0.6) is 0 Å². The maximum absolute atomic E-state index is 13.0. The SMILES string of the molecule is FC(F)(F)c1ccccc1-n1cc(-c2ccccn2)nn1.[O-][Cl+3]([O-])([O-])[O-].[O-][Cl+3]([O-])([O-])[O-].[Ru+2].c1ccc(-c2ccccn2)nc1.c1ccc(-c2ccccn2)nc1. The third-order valence-electron chi connectivity index (χ3n) is 6.06. The summed E-state index contributed by atoms with van der Waals surface area (Å²) < 4.78 is 108. The first-order valence-electron chi connectivity index (χ1n) is 14.9. The van der Waals surface area contributed by atoms with Gasteiger partial charge in [-0.15, -0.1) is 25.6 Å². The van der Waals surface area contributed by atoms with Crippen molar-refractivity contribution >= 4 is 0 Å². The van der Waals surface area contributed by atoms with E-state index in [4.69, 9.17) is 37.3 Å². The Bertz CT molecular complexity index is 1940. The minimum absolute atomic E-state index is 0. The fourth-order valence-electron chi connectivity index (χ4n) is 3.98. The molecular formula is C34H25Cl2F3N8O8Ru. The maximum atomic E-state index is 13.0. The number of rotatable bonds is 4. The Balaban J connectivity index is 0.000000267. The minimum atomic E-state index is -4.94. The molecule has 0 aliphatic heterocycles. The van der Waals surface area contributed by atoms with Gasteiger partial charge in [0.05, 0.1) is 45.9 Å². The van der Waals surface area contributed by atoms with Gasteiger partial charge in [-0.05, 0) is 72.8 Å². The summed E-state index contributed by atoms with van der Waals surface area (Å²) in [7, 11) is -9.89. The third-order valence-corrected chi connectivity index (χ3v) is 6.06. The van der Waals surface area contributed by atoms with Crippen LogP contribution in [-0.2, 0) is 25.7 Å². The van der Waals surface area contributed by atoms with Crippen LogP contribution in [0.4, 0.5) is 13.2 Å². The van der Waals surface area contributed by atoms with Crippen LogP contribution in [-0.4, -0.2) is 39.9 Å². The first kappa shape index (κ1) is 46.9. The van der Waals surface area contributed by atoms with Gasteiger partial charge in [-0.2, -0.15) is 13.2 Å². The smallest absolute Gasteiger partial charge is 0.255 e. The number of nitrogens with zero attached hydrogens (tertiary/aromatic N) is 8. The van der Waals surface area contributed by atoms with Crippen LogP contribution in [0.3, 0.4) is 0 Å². The summed E-state index contributed by atoms with van der Waals surface area (Å²) >= 11 is 0. The second-order valence-corrected chi connectivity index (χ2v) is 11.4. The van der Waals surface area contributed by atoms with Crippen molar-refractivity contribution in [3.05, 3.63) is 158 Å². The number of para-hydroxylation sites is 1. The van der Waals surface area contributed by atoms with E-state index in [9.17, 15) is 13.2 Å². The van der Waals surface area contributed by atoms with Crippen LogP contribution in [0.1, 0.15) is 5.56 Å². The molecule has 0 N–H and O–H groups in total. The third kappa shape index (κ3) is 18.9. The molecule has 0 saturated heterocycles. The van der Waals surface area contributed by atoms with Gasteiger partial charge < -0.3 is 0 Å². The van der Waals surface area contributed by atoms with Crippen molar-refractivity contribution in [1.82, 2.24) is 39.9 Å². The Kier molecular flexibility index (Phi) is 19.3. The van der Waals surface area contributed by atoms with Crippen LogP contribution in [0.2, 0.25) is 0 Å². The molecule has 0 bridgehead atoms. The van der Waals surface area contributed by atoms with Gasteiger partial charge >= 0.3 is 25.7 Å². The molecule has 0 unspecified atom stereocenters. The van der Waals surface area contributed by atoms with E-state index in [1.54, 1.807) is 49.2 Å². The molecule has 0 aliphatic rings. The zero-order chi connectivity index (χ0) is 40.3. The maximum Gasteiger partial charge on any atom is 2.00 e. The molecule has 0 spiro atoms. The summed E-state index contributed by atoms with van der Waals surface area (Å²) in [6.07, 6.45) is 5.63. The van der Waals surface area contributed by atoms with Gasteiger partial charge in [-0.1, -0.05) is 47.7 Å². The van der Waals surface area contributed by atoms with E-state index < -0.39 is 32.2 Å². The van der Waals surface area contributed by atoms with E-state index in [-0.39, 0.29) is 25.2 Å². The van der Waals surface area contributed by atoms with E-state index in [0.29, 0.717) is 11.4 Å². The standard InChI is InChI=1S/C14H9F3N4.2C10H8N2.2ClHO4.Ru/c15-14(16,17)10-5-1-2-7-13(10)21-9-12(19-20-21)11-6-3-4-8-18-11;2*1-3-7-11-9(5-1)10-6-2-4-8-12-10;2*2-1(3,4)5;/h1-9H;2*1-8H;2*(H,2,3,4,5);/q;;;;;+2/p-2. The van der Waals surface area contributed by atoms with Crippen LogP contribution in [0.25, 0.3) is 39.9 Å². The van der Waals surface area contributed by atoms with Crippen molar-refractivity contribution in [1.29, 1.82) is 0 Å². The quantitative estimate of drug-likeness (QED) is 0.175. The number of halogens is 5. The van der Waals surface area contributed by atoms with Crippen molar-refractivity contribution in [2.75, 3.05) is 0 Å². The average molecular weight is 903 g/mol. The van der Waals surface area contributed by atoms with E-state index in [2.05, 4.69) is 35.2 Å². The molecule has 56 heavy (non-hydrogen) atoms. The molecule has 1 aromatic carbocycles. The first-order chi connectivity index (χ1) is 26.0. The van der Waals surface area contributed by atoms with Gasteiger partial charge in [-0.25, -0.2) is 42.0 Å². The minimum Gasteiger partial charge on any atom is -0.255 e. The molecule has 0 amide bonds. The normalized spacial score (nSPS) is 10.6. The van der Waals surface area contributed by atoms with Gasteiger partial charge in [-0.3, -0.25) is 24.9 Å². The van der Waals surface area contributed by atoms with E-state index in [0.717, 1.165) is 33.5 Å². The molecule has 0 radical (unpaired) electrons. The summed E-state index contributed by atoms with van der Waals surface area (Å²) in [6.45, 7) is 0. The number of hydrogen-bond donors (Lipinski definition) is 0. The van der Waals surface area contributed by atoms with Crippen molar-refractivity contribution in [2.45, 2.75) is 6.18 Å². The van der Waals surface area contributed by atoms with Crippen LogP contribution in [0, 0.1) is 20.5 Å². The molecule has 0 aliphatic carbocycles. The summed E-state index contributed by atoms with van der Waals surface area (Å²) in [4.78, 5) is 20.8. The summed E-state index contributed by atoms with van der Waals surface area (Å²) in [5, 5.41) is 7.63. The number of benzene rings is 1. The van der Waals surface area contributed by atoms with Gasteiger partial charge in [0.25, 0.3) is 0 Å². The largest absolute Gasteiger partial charge is 2.00 e. The van der Waals surface area contributed by atoms with Crippen molar-refractivity contribution in [2.24, 2.45) is 0 Å². The van der Waals surface area contributed by atoms with E-state index in [1.807, 2.05) is 72.8 Å². The first-order valence-corrected chi connectivity index (χ1v) is 17.3. The molecule has 292 valence electrons. The van der Waals surface area contributed by atoms with Gasteiger partial charge in [0.15, 0.2) is 0 Å². The Morgan fingerprint density at radius 1 is 0.429 bits per heavy atom. The molecule has 7 aromatic rings. The average Bonchev–Trinajstić information content (AvgIpc) is 3.66. The van der Waals surface area contributed by atoms with Gasteiger partial charge in [0.2, 0.25) is 0 Å². The molecular weight excluding hydrogens is 877 g/mol. The predicted molar refractivity (Wildman–Crippen MR) is 165 cm³/mol. The van der Waals surface area contributed by atoms with E-state index >= 15 is 0 Å². The zero-order valence-corrected chi connectivity index (χ0v) is 31.3. The number of hydrogen-bond acceptors (Lipinski definition) is 15. The molecule has 7 rings (SSSR count). The molecule has 0 atom stereocenters. The molecule has 6 heterocycles. The number of alkyl halides is 3. The molecule has 0 fully saturated rings. The van der Waals surface area contributed by atoms with Gasteiger partial charge in [0.1, 0.15) is 5.69 Å². The van der Waals surface area contributed by atoms with Crippen molar-refractivity contribution in [3.63, 3.8) is 0 Å². The zero-order valence-electron chi connectivity index (χ0n) is 28.0. The van der Waals surface area contributed by atoms with Crippen molar-refractivity contribution in [3.8, 4) is 39.9 Å². The number of pyridine rings is 5. The topological polar surface area (TPSA) is 280 Å².